The summed E-state index contributed by atoms with van der Waals surface area (Å²) in [6, 6.07) is 3.81. The highest BCUT2D eigenvalue weighted by atomic mass is 16.2. The Bertz CT molecular complexity index is 400. The number of aromatic nitrogens is 1. The van der Waals surface area contributed by atoms with E-state index in [9.17, 15) is 4.79 Å². The molecule has 90 valence electrons. The van der Waals surface area contributed by atoms with Crippen LogP contribution in [0.2, 0.25) is 0 Å². The van der Waals surface area contributed by atoms with Crippen molar-refractivity contribution in [1.82, 2.24) is 9.88 Å². The zero-order chi connectivity index (χ0) is 12.1. The third kappa shape index (κ3) is 3.41. The maximum Gasteiger partial charge on any atom is 0.246 e. The maximum atomic E-state index is 11.9. The lowest BCUT2D eigenvalue weighted by molar-refractivity contribution is -0.127. The Kier molecular flexibility index (Phi) is 3.91. The molecule has 0 bridgehead atoms. The van der Waals surface area contributed by atoms with Gasteiger partial charge in [-0.05, 0) is 36.5 Å². The van der Waals surface area contributed by atoms with Gasteiger partial charge in [-0.1, -0.05) is 13.0 Å². The van der Waals surface area contributed by atoms with Gasteiger partial charge in [0, 0.05) is 31.6 Å². The Balaban J connectivity index is 1.94. The highest BCUT2D eigenvalue weighted by Gasteiger charge is 2.18. The first-order valence-corrected chi connectivity index (χ1v) is 6.13. The van der Waals surface area contributed by atoms with Crippen LogP contribution in [-0.4, -0.2) is 28.9 Å². The third-order valence-electron chi connectivity index (χ3n) is 3.07. The van der Waals surface area contributed by atoms with Crippen LogP contribution in [0.4, 0.5) is 0 Å². The summed E-state index contributed by atoms with van der Waals surface area (Å²) in [6.07, 6.45) is 9.31. The van der Waals surface area contributed by atoms with Crippen molar-refractivity contribution >= 4 is 12.0 Å². The highest BCUT2D eigenvalue weighted by molar-refractivity contribution is 5.91. The van der Waals surface area contributed by atoms with Gasteiger partial charge < -0.3 is 4.90 Å². The number of piperidine rings is 1. The fourth-order valence-electron chi connectivity index (χ4n) is 2.14. The van der Waals surface area contributed by atoms with Crippen molar-refractivity contribution < 1.29 is 4.79 Å². The van der Waals surface area contributed by atoms with Crippen LogP contribution < -0.4 is 0 Å². The van der Waals surface area contributed by atoms with Crippen molar-refractivity contribution in [3.05, 3.63) is 36.2 Å². The number of pyridine rings is 1. The molecule has 1 aliphatic rings. The second kappa shape index (κ2) is 5.62. The van der Waals surface area contributed by atoms with E-state index in [1.807, 2.05) is 23.1 Å². The van der Waals surface area contributed by atoms with Crippen LogP contribution in [0.15, 0.2) is 30.6 Å². The smallest absolute Gasteiger partial charge is 0.246 e. The summed E-state index contributed by atoms with van der Waals surface area (Å²) >= 11 is 0. The fourth-order valence-corrected chi connectivity index (χ4v) is 2.14. The molecule has 2 heterocycles. The monoisotopic (exact) mass is 230 g/mol. The fraction of sp³-hybridized carbons (Fsp3) is 0.429. The SMILES string of the molecule is CC1CCCN(C(=O)/C=C/c2cccnc2)C1. The highest BCUT2D eigenvalue weighted by Crippen LogP contribution is 2.15. The lowest BCUT2D eigenvalue weighted by Gasteiger charge is -2.30. The van der Waals surface area contributed by atoms with E-state index in [2.05, 4.69) is 11.9 Å². The molecule has 0 radical (unpaired) electrons. The summed E-state index contributed by atoms with van der Waals surface area (Å²) in [4.78, 5) is 17.9. The van der Waals surface area contributed by atoms with E-state index in [1.165, 1.54) is 6.42 Å². The summed E-state index contributed by atoms with van der Waals surface area (Å²) < 4.78 is 0. The van der Waals surface area contributed by atoms with Crippen molar-refractivity contribution in [3.8, 4) is 0 Å². The molecular formula is C14H18N2O. The molecule has 1 saturated heterocycles. The molecule has 1 aliphatic heterocycles. The Morgan fingerprint density at radius 3 is 3.18 bits per heavy atom. The second-order valence-electron chi connectivity index (χ2n) is 4.65. The molecule has 0 aliphatic carbocycles. The number of carbonyl (C=O) groups is 1. The van der Waals surface area contributed by atoms with Crippen LogP contribution in [0.3, 0.4) is 0 Å². The summed E-state index contributed by atoms with van der Waals surface area (Å²) in [5.41, 5.74) is 0.964. The number of nitrogens with zero attached hydrogens (tertiary/aromatic N) is 2. The van der Waals surface area contributed by atoms with Gasteiger partial charge >= 0.3 is 0 Å². The van der Waals surface area contributed by atoms with E-state index in [1.54, 1.807) is 18.5 Å². The van der Waals surface area contributed by atoms with Gasteiger partial charge in [-0.15, -0.1) is 0 Å². The van der Waals surface area contributed by atoms with E-state index in [0.717, 1.165) is 25.1 Å². The van der Waals surface area contributed by atoms with Crippen LogP contribution in [0.1, 0.15) is 25.3 Å². The molecule has 0 spiro atoms. The van der Waals surface area contributed by atoms with Crippen LogP contribution in [0, 0.1) is 5.92 Å². The first-order valence-electron chi connectivity index (χ1n) is 6.13. The van der Waals surface area contributed by atoms with E-state index in [-0.39, 0.29) is 5.91 Å². The molecule has 3 heteroatoms. The van der Waals surface area contributed by atoms with Gasteiger partial charge in [0.15, 0.2) is 0 Å². The minimum atomic E-state index is 0.111. The van der Waals surface area contributed by atoms with E-state index in [4.69, 9.17) is 0 Å². The van der Waals surface area contributed by atoms with Crippen molar-refractivity contribution in [3.63, 3.8) is 0 Å². The van der Waals surface area contributed by atoms with Gasteiger partial charge in [0.05, 0.1) is 0 Å². The van der Waals surface area contributed by atoms with Gasteiger partial charge in [-0.25, -0.2) is 0 Å². The van der Waals surface area contributed by atoms with Crippen LogP contribution in [-0.2, 0) is 4.79 Å². The van der Waals surface area contributed by atoms with Crippen molar-refractivity contribution in [2.75, 3.05) is 13.1 Å². The molecule has 1 fully saturated rings. The quantitative estimate of drug-likeness (QED) is 0.731. The molecule has 2 rings (SSSR count). The zero-order valence-corrected chi connectivity index (χ0v) is 10.2. The Morgan fingerprint density at radius 1 is 1.59 bits per heavy atom. The number of carbonyl (C=O) groups excluding carboxylic acids is 1. The molecule has 1 atom stereocenters. The number of hydrogen-bond acceptors (Lipinski definition) is 2. The molecular weight excluding hydrogens is 212 g/mol. The lowest BCUT2D eigenvalue weighted by Crippen LogP contribution is -2.38. The zero-order valence-electron chi connectivity index (χ0n) is 10.2. The minimum Gasteiger partial charge on any atom is -0.339 e. The minimum absolute atomic E-state index is 0.111. The molecule has 1 unspecified atom stereocenters. The first kappa shape index (κ1) is 11.8. The Hall–Kier alpha value is -1.64. The Morgan fingerprint density at radius 2 is 2.47 bits per heavy atom. The predicted molar refractivity (Wildman–Crippen MR) is 68.2 cm³/mol. The number of rotatable bonds is 2. The third-order valence-corrected chi connectivity index (χ3v) is 3.07. The Labute approximate surface area is 102 Å². The normalized spacial score (nSPS) is 20.8. The summed E-state index contributed by atoms with van der Waals surface area (Å²) in [5.74, 6) is 0.736. The molecule has 1 aromatic rings. The number of hydrogen-bond donors (Lipinski definition) is 0. The average Bonchev–Trinajstić information content (AvgIpc) is 2.37. The summed E-state index contributed by atoms with van der Waals surface area (Å²) in [6.45, 7) is 3.97. The second-order valence-corrected chi connectivity index (χ2v) is 4.65. The van der Waals surface area contributed by atoms with Crippen molar-refractivity contribution in [1.29, 1.82) is 0 Å². The molecule has 0 aromatic carbocycles. The summed E-state index contributed by atoms with van der Waals surface area (Å²) in [5, 5.41) is 0. The summed E-state index contributed by atoms with van der Waals surface area (Å²) in [7, 11) is 0. The van der Waals surface area contributed by atoms with Gasteiger partial charge in [0.2, 0.25) is 5.91 Å². The van der Waals surface area contributed by atoms with Crippen molar-refractivity contribution in [2.45, 2.75) is 19.8 Å². The van der Waals surface area contributed by atoms with Gasteiger partial charge in [-0.3, -0.25) is 9.78 Å². The van der Waals surface area contributed by atoms with E-state index < -0.39 is 0 Å². The topological polar surface area (TPSA) is 33.2 Å². The molecule has 3 nitrogen and oxygen atoms in total. The predicted octanol–water partition coefficient (Wildman–Crippen LogP) is 2.35. The molecule has 0 N–H and O–H groups in total. The van der Waals surface area contributed by atoms with Crippen molar-refractivity contribution in [2.24, 2.45) is 5.92 Å². The van der Waals surface area contributed by atoms with Crippen LogP contribution >= 0.6 is 0 Å². The van der Waals surface area contributed by atoms with E-state index >= 15 is 0 Å². The van der Waals surface area contributed by atoms with E-state index in [0.29, 0.717) is 5.92 Å². The largest absolute Gasteiger partial charge is 0.339 e. The number of amides is 1. The molecule has 0 saturated carbocycles. The van der Waals surface area contributed by atoms with Gasteiger partial charge in [-0.2, -0.15) is 0 Å². The molecule has 17 heavy (non-hydrogen) atoms. The lowest BCUT2D eigenvalue weighted by atomic mass is 10.0. The van der Waals surface area contributed by atoms with Gasteiger partial charge in [0.1, 0.15) is 0 Å². The molecule has 1 aromatic heterocycles. The first-order chi connectivity index (χ1) is 8.25. The maximum absolute atomic E-state index is 11.9. The van der Waals surface area contributed by atoms with Crippen LogP contribution in [0.5, 0.6) is 0 Å². The van der Waals surface area contributed by atoms with Gasteiger partial charge in [0.25, 0.3) is 0 Å². The average molecular weight is 230 g/mol. The standard InChI is InChI=1S/C14H18N2O/c1-12-4-3-9-16(11-12)14(17)7-6-13-5-2-8-15-10-13/h2,5-8,10,12H,3-4,9,11H2,1H3/b7-6+. The van der Waals surface area contributed by atoms with Crippen LogP contribution in [0.25, 0.3) is 6.08 Å². The molecule has 1 amide bonds. The number of likely N-dealkylation sites (tertiary alicyclic amines) is 1.